The first-order chi connectivity index (χ1) is 16.1. The van der Waals surface area contributed by atoms with E-state index in [0.717, 1.165) is 11.0 Å². The van der Waals surface area contributed by atoms with Crippen molar-refractivity contribution in [2.45, 2.75) is 58.2 Å². The van der Waals surface area contributed by atoms with Gasteiger partial charge in [-0.2, -0.15) is 0 Å². The average Bonchev–Trinajstić information content (AvgIpc) is 3.30. The first-order valence-electron chi connectivity index (χ1n) is 11.6. The highest BCUT2D eigenvalue weighted by Crippen LogP contribution is 2.44. The molecule has 1 unspecified atom stereocenters. The number of amides is 3. The SMILES string of the molecule is CC12CCC(=O)N1c1ccccc1C(=O)N2CCC(=O)Nc1nc2ccccc2n1C(C)(C)C. The van der Waals surface area contributed by atoms with E-state index in [0.29, 0.717) is 30.0 Å². The molecule has 1 fully saturated rings. The summed E-state index contributed by atoms with van der Waals surface area (Å²) in [5, 5.41) is 2.96. The molecule has 0 spiro atoms. The fourth-order valence-corrected chi connectivity index (χ4v) is 5.23. The molecule has 2 aliphatic rings. The van der Waals surface area contributed by atoms with E-state index >= 15 is 0 Å². The summed E-state index contributed by atoms with van der Waals surface area (Å²) >= 11 is 0. The van der Waals surface area contributed by atoms with Crippen LogP contribution in [0.3, 0.4) is 0 Å². The number of nitrogens with one attached hydrogen (secondary N) is 1. The van der Waals surface area contributed by atoms with Gasteiger partial charge in [0.2, 0.25) is 17.8 Å². The van der Waals surface area contributed by atoms with Crippen molar-refractivity contribution < 1.29 is 14.4 Å². The van der Waals surface area contributed by atoms with Crippen molar-refractivity contribution in [3.63, 3.8) is 0 Å². The Kier molecular flexibility index (Phi) is 5.00. The summed E-state index contributed by atoms with van der Waals surface area (Å²) in [6, 6.07) is 15.0. The Labute approximate surface area is 198 Å². The first-order valence-corrected chi connectivity index (χ1v) is 11.6. The smallest absolute Gasteiger partial charge is 0.257 e. The maximum absolute atomic E-state index is 13.4. The van der Waals surface area contributed by atoms with Gasteiger partial charge in [0.15, 0.2) is 0 Å². The van der Waals surface area contributed by atoms with Crippen molar-refractivity contribution in [2.24, 2.45) is 0 Å². The van der Waals surface area contributed by atoms with Gasteiger partial charge in [-0.3, -0.25) is 24.6 Å². The Morgan fingerprint density at radius 2 is 1.79 bits per heavy atom. The summed E-state index contributed by atoms with van der Waals surface area (Å²) in [4.78, 5) is 47.2. The van der Waals surface area contributed by atoms with Crippen LogP contribution in [0.2, 0.25) is 0 Å². The largest absolute Gasteiger partial charge is 0.315 e. The maximum atomic E-state index is 13.4. The molecular formula is C26H29N5O3. The van der Waals surface area contributed by atoms with Crippen LogP contribution in [0.5, 0.6) is 0 Å². The third-order valence-electron chi connectivity index (χ3n) is 6.79. The van der Waals surface area contributed by atoms with Gasteiger partial charge in [-0.05, 0) is 58.4 Å². The molecule has 0 bridgehead atoms. The number of nitrogens with zero attached hydrogens (tertiary/aromatic N) is 4. The van der Waals surface area contributed by atoms with Crippen molar-refractivity contribution in [3.05, 3.63) is 54.1 Å². The minimum Gasteiger partial charge on any atom is -0.315 e. The number of carbonyl (C=O) groups excluding carboxylic acids is 3. The first kappa shape index (κ1) is 22.1. The Morgan fingerprint density at radius 1 is 1.09 bits per heavy atom. The number of anilines is 2. The molecule has 1 aromatic heterocycles. The minimum atomic E-state index is -0.776. The average molecular weight is 460 g/mol. The van der Waals surface area contributed by atoms with E-state index in [1.54, 1.807) is 21.9 Å². The Morgan fingerprint density at radius 3 is 2.56 bits per heavy atom. The predicted molar refractivity (Wildman–Crippen MR) is 131 cm³/mol. The van der Waals surface area contributed by atoms with Crippen LogP contribution < -0.4 is 10.2 Å². The van der Waals surface area contributed by atoms with Crippen molar-refractivity contribution >= 4 is 40.4 Å². The second-order valence-corrected chi connectivity index (χ2v) is 10.1. The molecule has 0 aliphatic carbocycles. The second kappa shape index (κ2) is 7.68. The predicted octanol–water partition coefficient (Wildman–Crippen LogP) is 4.12. The van der Waals surface area contributed by atoms with Crippen molar-refractivity contribution in [2.75, 3.05) is 16.8 Å². The summed E-state index contributed by atoms with van der Waals surface area (Å²) < 4.78 is 2.02. The maximum Gasteiger partial charge on any atom is 0.257 e. The van der Waals surface area contributed by atoms with E-state index < -0.39 is 5.66 Å². The number of fused-ring (bicyclic) bond motifs is 4. The number of hydrogen-bond donors (Lipinski definition) is 1. The highest BCUT2D eigenvalue weighted by atomic mass is 16.2. The van der Waals surface area contributed by atoms with Gasteiger partial charge >= 0.3 is 0 Å². The standard InChI is InChI=1S/C26H29N5O3/c1-25(2,3)31-20-12-8-6-10-18(20)27-24(31)28-21(32)14-16-29-23(34)17-9-5-7-11-19(17)30-22(33)13-15-26(29,30)4/h5-12H,13-16H2,1-4H3,(H,27,28,32). The molecule has 2 aromatic carbocycles. The third kappa shape index (κ3) is 3.36. The summed E-state index contributed by atoms with van der Waals surface area (Å²) in [5.41, 5.74) is 1.83. The number of hydrogen-bond acceptors (Lipinski definition) is 4. The Bertz CT molecular complexity index is 1320. The van der Waals surface area contributed by atoms with Crippen LogP contribution in [-0.2, 0) is 15.1 Å². The molecule has 1 atom stereocenters. The van der Waals surface area contributed by atoms with Crippen LogP contribution in [-0.4, -0.2) is 44.4 Å². The van der Waals surface area contributed by atoms with Crippen LogP contribution in [0, 0.1) is 0 Å². The minimum absolute atomic E-state index is 0.00389. The number of aromatic nitrogens is 2. The molecular weight excluding hydrogens is 430 g/mol. The quantitative estimate of drug-likeness (QED) is 0.636. The summed E-state index contributed by atoms with van der Waals surface area (Å²) in [5.74, 6) is 0.0967. The van der Waals surface area contributed by atoms with E-state index in [1.165, 1.54) is 0 Å². The zero-order valence-electron chi connectivity index (χ0n) is 20.0. The lowest BCUT2D eigenvalue weighted by Crippen LogP contribution is -2.62. The third-order valence-corrected chi connectivity index (χ3v) is 6.79. The lowest BCUT2D eigenvalue weighted by atomic mass is 9.98. The van der Waals surface area contributed by atoms with Crippen LogP contribution in [0.4, 0.5) is 11.6 Å². The van der Waals surface area contributed by atoms with E-state index in [4.69, 9.17) is 0 Å². The van der Waals surface area contributed by atoms with E-state index in [-0.39, 0.29) is 36.2 Å². The van der Waals surface area contributed by atoms with Gasteiger partial charge in [0, 0.05) is 24.9 Å². The zero-order chi connectivity index (χ0) is 24.3. The van der Waals surface area contributed by atoms with Crippen molar-refractivity contribution in [1.29, 1.82) is 0 Å². The normalized spacial score (nSPS) is 20.0. The molecule has 3 aromatic rings. The van der Waals surface area contributed by atoms with Gasteiger partial charge in [0.1, 0.15) is 5.66 Å². The van der Waals surface area contributed by atoms with Crippen molar-refractivity contribution in [1.82, 2.24) is 14.5 Å². The molecule has 3 heterocycles. The van der Waals surface area contributed by atoms with Gasteiger partial charge in [0.25, 0.3) is 5.91 Å². The zero-order valence-corrected chi connectivity index (χ0v) is 20.0. The lowest BCUT2D eigenvalue weighted by Gasteiger charge is -2.48. The monoisotopic (exact) mass is 459 g/mol. The van der Waals surface area contributed by atoms with Gasteiger partial charge in [0.05, 0.1) is 22.3 Å². The molecule has 176 valence electrons. The van der Waals surface area contributed by atoms with Gasteiger partial charge in [-0.25, -0.2) is 4.98 Å². The van der Waals surface area contributed by atoms with Crippen LogP contribution in [0.25, 0.3) is 11.0 Å². The molecule has 0 saturated carbocycles. The van der Waals surface area contributed by atoms with E-state index in [1.807, 2.05) is 47.9 Å². The molecule has 5 rings (SSSR count). The second-order valence-electron chi connectivity index (χ2n) is 10.1. The van der Waals surface area contributed by atoms with E-state index in [2.05, 4.69) is 31.1 Å². The lowest BCUT2D eigenvalue weighted by molar-refractivity contribution is -0.117. The number of carbonyl (C=O) groups is 3. The molecule has 8 heteroatoms. The molecule has 1 saturated heterocycles. The summed E-state index contributed by atoms with van der Waals surface area (Å²) in [7, 11) is 0. The topological polar surface area (TPSA) is 87.5 Å². The molecule has 8 nitrogen and oxygen atoms in total. The molecule has 3 amide bonds. The number of benzene rings is 2. The molecule has 34 heavy (non-hydrogen) atoms. The number of para-hydroxylation sites is 3. The fraction of sp³-hybridized carbons (Fsp3) is 0.385. The van der Waals surface area contributed by atoms with Gasteiger partial charge in [-0.15, -0.1) is 0 Å². The fourth-order valence-electron chi connectivity index (χ4n) is 5.23. The Hall–Kier alpha value is -3.68. The highest BCUT2D eigenvalue weighted by molar-refractivity contribution is 6.10. The molecule has 2 aliphatic heterocycles. The Balaban J connectivity index is 1.39. The summed E-state index contributed by atoms with van der Waals surface area (Å²) in [6.45, 7) is 8.30. The van der Waals surface area contributed by atoms with Crippen LogP contribution in [0.1, 0.15) is 57.3 Å². The van der Waals surface area contributed by atoms with Crippen LogP contribution >= 0.6 is 0 Å². The van der Waals surface area contributed by atoms with Gasteiger partial charge in [-0.1, -0.05) is 24.3 Å². The highest BCUT2D eigenvalue weighted by Gasteiger charge is 2.52. The number of imidazole rings is 1. The van der Waals surface area contributed by atoms with Crippen molar-refractivity contribution in [3.8, 4) is 0 Å². The van der Waals surface area contributed by atoms with Gasteiger partial charge < -0.3 is 9.47 Å². The van der Waals surface area contributed by atoms with E-state index in [9.17, 15) is 14.4 Å². The molecule has 1 N–H and O–H groups in total. The molecule has 0 radical (unpaired) electrons. The number of rotatable bonds is 4. The summed E-state index contributed by atoms with van der Waals surface area (Å²) in [6.07, 6.45) is 1.00. The van der Waals surface area contributed by atoms with Crippen LogP contribution in [0.15, 0.2) is 48.5 Å².